The van der Waals surface area contributed by atoms with Crippen molar-refractivity contribution < 1.29 is 9.50 Å². The van der Waals surface area contributed by atoms with Crippen molar-refractivity contribution in [2.75, 3.05) is 6.61 Å². The minimum Gasteiger partial charge on any atom is -0.396 e. The van der Waals surface area contributed by atoms with Crippen LogP contribution in [0, 0.1) is 17.8 Å². The lowest BCUT2D eigenvalue weighted by Crippen LogP contribution is -2.16. The van der Waals surface area contributed by atoms with Crippen molar-refractivity contribution >= 4 is 0 Å². The molecular formula is C13H16FO. The van der Waals surface area contributed by atoms with E-state index in [1.807, 2.05) is 0 Å². The smallest absolute Gasteiger partial charge is 0.123 e. The monoisotopic (exact) mass is 207 g/mol. The van der Waals surface area contributed by atoms with Gasteiger partial charge in [-0.3, -0.25) is 0 Å². The fraction of sp³-hybridized carbons (Fsp3) is 0.538. The zero-order valence-corrected chi connectivity index (χ0v) is 8.75. The van der Waals surface area contributed by atoms with E-state index >= 15 is 0 Å². The van der Waals surface area contributed by atoms with Crippen LogP contribution in [-0.4, -0.2) is 11.7 Å². The number of rotatable bonds is 2. The van der Waals surface area contributed by atoms with E-state index < -0.39 is 0 Å². The average Bonchev–Trinajstić information content (AvgIpc) is 2.29. The molecule has 0 saturated heterocycles. The Kier molecular flexibility index (Phi) is 3.37. The van der Waals surface area contributed by atoms with E-state index in [1.54, 1.807) is 12.1 Å². The number of aliphatic hydroxyl groups is 1. The maximum atomic E-state index is 13.0. The van der Waals surface area contributed by atoms with E-state index in [0.717, 1.165) is 31.2 Å². The molecule has 0 atom stereocenters. The van der Waals surface area contributed by atoms with Gasteiger partial charge in [0.15, 0.2) is 0 Å². The molecule has 1 aromatic rings. The van der Waals surface area contributed by atoms with Crippen LogP contribution in [0.25, 0.3) is 0 Å². The molecule has 81 valence electrons. The van der Waals surface area contributed by atoms with Crippen molar-refractivity contribution in [2.24, 2.45) is 5.92 Å². The van der Waals surface area contributed by atoms with Crippen LogP contribution in [0.5, 0.6) is 0 Å². The number of hydrogen-bond donors (Lipinski definition) is 1. The molecule has 0 bridgehead atoms. The van der Waals surface area contributed by atoms with E-state index in [9.17, 15) is 4.39 Å². The molecule has 1 aromatic carbocycles. The number of halogens is 1. The van der Waals surface area contributed by atoms with Crippen molar-refractivity contribution in [1.29, 1.82) is 0 Å². The lowest BCUT2D eigenvalue weighted by Gasteiger charge is -2.27. The predicted octanol–water partition coefficient (Wildman–Crippen LogP) is 2.89. The van der Waals surface area contributed by atoms with E-state index in [0.29, 0.717) is 18.4 Å². The molecule has 1 N–H and O–H groups in total. The highest BCUT2D eigenvalue weighted by Gasteiger charge is 2.21. The predicted molar refractivity (Wildman–Crippen MR) is 57.0 cm³/mol. The molecule has 1 aliphatic carbocycles. The summed E-state index contributed by atoms with van der Waals surface area (Å²) in [5.41, 5.74) is 0.992. The summed E-state index contributed by atoms with van der Waals surface area (Å²) in [6.45, 7) is 0.291. The Hall–Kier alpha value is -0.890. The molecule has 1 nitrogen and oxygen atoms in total. The van der Waals surface area contributed by atoms with E-state index in [2.05, 4.69) is 6.07 Å². The summed E-state index contributed by atoms with van der Waals surface area (Å²) < 4.78 is 13.0. The van der Waals surface area contributed by atoms with E-state index in [4.69, 9.17) is 5.11 Å². The molecule has 0 aromatic heterocycles. The Balaban J connectivity index is 2.01. The van der Waals surface area contributed by atoms with Crippen molar-refractivity contribution in [3.05, 3.63) is 35.6 Å². The van der Waals surface area contributed by atoms with Crippen LogP contribution in [0.2, 0.25) is 0 Å². The molecule has 15 heavy (non-hydrogen) atoms. The van der Waals surface area contributed by atoms with Gasteiger partial charge in [0.2, 0.25) is 0 Å². The van der Waals surface area contributed by atoms with Gasteiger partial charge in [-0.05, 0) is 61.3 Å². The first-order chi connectivity index (χ1) is 7.29. The number of hydrogen-bond acceptors (Lipinski definition) is 1. The zero-order valence-electron chi connectivity index (χ0n) is 8.75. The third-order valence-corrected chi connectivity index (χ3v) is 3.33. The van der Waals surface area contributed by atoms with Crippen molar-refractivity contribution in [3.63, 3.8) is 0 Å². The lowest BCUT2D eigenvalue weighted by atomic mass is 9.79. The fourth-order valence-electron chi connectivity index (χ4n) is 2.35. The molecule has 2 heteroatoms. The summed E-state index contributed by atoms with van der Waals surface area (Å²) in [5.74, 6) is 0.714. The highest BCUT2D eigenvalue weighted by atomic mass is 19.1. The topological polar surface area (TPSA) is 20.2 Å². The molecule has 0 aliphatic heterocycles. The van der Waals surface area contributed by atoms with Crippen LogP contribution in [0.4, 0.5) is 4.39 Å². The van der Waals surface area contributed by atoms with Crippen LogP contribution < -0.4 is 0 Å². The van der Waals surface area contributed by atoms with Gasteiger partial charge >= 0.3 is 0 Å². The second-order valence-electron chi connectivity index (χ2n) is 4.36. The molecule has 0 amide bonds. The Morgan fingerprint density at radius 2 is 2.07 bits per heavy atom. The molecule has 0 spiro atoms. The van der Waals surface area contributed by atoms with Crippen LogP contribution in [0.3, 0.4) is 0 Å². The molecular weight excluding hydrogens is 191 g/mol. The largest absolute Gasteiger partial charge is 0.396 e. The third kappa shape index (κ3) is 2.57. The highest BCUT2D eigenvalue weighted by molar-refractivity contribution is 5.19. The van der Waals surface area contributed by atoms with Crippen molar-refractivity contribution in [1.82, 2.24) is 0 Å². The normalized spacial score (nSPS) is 26.5. The second kappa shape index (κ2) is 4.75. The van der Waals surface area contributed by atoms with Gasteiger partial charge in [0, 0.05) is 6.61 Å². The summed E-state index contributed by atoms with van der Waals surface area (Å²) >= 11 is 0. The van der Waals surface area contributed by atoms with E-state index in [-0.39, 0.29) is 5.82 Å². The Morgan fingerprint density at radius 1 is 1.33 bits per heavy atom. The van der Waals surface area contributed by atoms with Crippen molar-refractivity contribution in [2.45, 2.75) is 31.6 Å². The molecule has 0 unspecified atom stereocenters. The number of benzene rings is 1. The summed E-state index contributed by atoms with van der Waals surface area (Å²) in [6, 6.07) is 7.79. The molecule has 1 radical (unpaired) electrons. The Bertz CT molecular complexity index is 316. The SMILES string of the molecule is OC[C@H]1CC[C@H](c2[c]ccc(F)c2)CC1. The molecule has 1 fully saturated rings. The summed E-state index contributed by atoms with van der Waals surface area (Å²) in [7, 11) is 0. The first kappa shape index (κ1) is 10.6. The van der Waals surface area contributed by atoms with Gasteiger partial charge in [-0.15, -0.1) is 0 Å². The Morgan fingerprint density at radius 3 is 2.67 bits per heavy atom. The van der Waals surface area contributed by atoms with Gasteiger partial charge in [0.05, 0.1) is 0 Å². The van der Waals surface area contributed by atoms with Crippen LogP contribution >= 0.6 is 0 Å². The lowest BCUT2D eigenvalue weighted by molar-refractivity contribution is 0.182. The molecule has 2 rings (SSSR count). The minimum absolute atomic E-state index is 0.173. The van der Waals surface area contributed by atoms with Gasteiger partial charge in [0.1, 0.15) is 5.82 Å². The maximum Gasteiger partial charge on any atom is 0.123 e. The van der Waals surface area contributed by atoms with Crippen LogP contribution in [0.15, 0.2) is 18.2 Å². The quantitative estimate of drug-likeness (QED) is 0.790. The fourth-order valence-corrected chi connectivity index (χ4v) is 2.35. The minimum atomic E-state index is -0.173. The summed E-state index contributed by atoms with van der Waals surface area (Å²) in [6.07, 6.45) is 4.19. The average molecular weight is 207 g/mol. The van der Waals surface area contributed by atoms with Gasteiger partial charge in [-0.1, -0.05) is 6.07 Å². The maximum absolute atomic E-state index is 13.0. The van der Waals surface area contributed by atoms with Gasteiger partial charge in [-0.2, -0.15) is 0 Å². The standard InChI is InChI=1S/C13H16FO/c14-13-3-1-2-12(8-13)11-6-4-10(9-15)5-7-11/h1,3,8,10-11,15H,4-7,9H2/t10-,11-. The molecule has 1 aliphatic rings. The number of aliphatic hydroxyl groups excluding tert-OH is 1. The van der Waals surface area contributed by atoms with Gasteiger partial charge in [0.25, 0.3) is 0 Å². The first-order valence-electron chi connectivity index (χ1n) is 5.57. The van der Waals surface area contributed by atoms with Crippen LogP contribution in [0.1, 0.15) is 37.2 Å². The van der Waals surface area contributed by atoms with Gasteiger partial charge < -0.3 is 5.11 Å². The summed E-state index contributed by atoms with van der Waals surface area (Å²) in [5, 5.41) is 9.02. The first-order valence-corrected chi connectivity index (χ1v) is 5.57. The summed E-state index contributed by atoms with van der Waals surface area (Å²) in [4.78, 5) is 0. The third-order valence-electron chi connectivity index (χ3n) is 3.33. The van der Waals surface area contributed by atoms with E-state index in [1.165, 1.54) is 6.07 Å². The molecule has 0 heterocycles. The van der Waals surface area contributed by atoms with Crippen molar-refractivity contribution in [3.8, 4) is 0 Å². The molecule has 1 saturated carbocycles. The zero-order chi connectivity index (χ0) is 10.7. The second-order valence-corrected chi connectivity index (χ2v) is 4.36. The highest BCUT2D eigenvalue weighted by Crippen LogP contribution is 2.35. The van der Waals surface area contributed by atoms with Crippen LogP contribution in [-0.2, 0) is 0 Å². The van der Waals surface area contributed by atoms with Gasteiger partial charge in [-0.25, -0.2) is 4.39 Å². The Labute approximate surface area is 89.9 Å².